The van der Waals surface area contributed by atoms with Crippen molar-refractivity contribution in [3.8, 4) is 5.75 Å². The van der Waals surface area contributed by atoms with Crippen molar-refractivity contribution in [2.45, 2.75) is 51.2 Å². The number of nitrogens with one attached hydrogen (secondary N) is 1. The van der Waals surface area contributed by atoms with Crippen molar-refractivity contribution in [1.82, 2.24) is 4.90 Å². The maximum absolute atomic E-state index is 12.7. The first kappa shape index (κ1) is 20.4. The maximum Gasteiger partial charge on any atom is 0.241 e. The van der Waals surface area contributed by atoms with E-state index < -0.39 is 5.54 Å². The predicted molar refractivity (Wildman–Crippen MR) is 102 cm³/mol. The molecule has 1 heterocycles. The molecule has 1 unspecified atom stereocenters. The highest BCUT2D eigenvalue weighted by atomic mass is 16.5. The molecule has 1 aliphatic rings. The van der Waals surface area contributed by atoms with Crippen LogP contribution < -0.4 is 21.5 Å². The van der Waals surface area contributed by atoms with Crippen LogP contribution in [-0.2, 0) is 4.79 Å². The molecule has 0 aromatic heterocycles. The van der Waals surface area contributed by atoms with E-state index in [0.717, 1.165) is 13.0 Å². The Bertz CT molecular complexity index is 669. The fourth-order valence-electron chi connectivity index (χ4n) is 2.99. The van der Waals surface area contributed by atoms with Crippen molar-refractivity contribution >= 4 is 17.4 Å². The van der Waals surface area contributed by atoms with E-state index in [9.17, 15) is 9.59 Å². The Morgan fingerprint density at radius 1 is 1.42 bits per heavy atom. The third kappa shape index (κ3) is 4.81. The van der Waals surface area contributed by atoms with Crippen LogP contribution in [0.25, 0.3) is 0 Å². The van der Waals surface area contributed by atoms with Gasteiger partial charge >= 0.3 is 0 Å². The van der Waals surface area contributed by atoms with E-state index in [2.05, 4.69) is 17.1 Å². The molecule has 0 spiro atoms. The summed E-state index contributed by atoms with van der Waals surface area (Å²) in [4.78, 5) is 27.5. The summed E-state index contributed by atoms with van der Waals surface area (Å²) in [7, 11) is 1.50. The minimum Gasteiger partial charge on any atom is -0.496 e. The number of nitrogens with zero attached hydrogens (tertiary/aromatic N) is 1. The lowest BCUT2D eigenvalue weighted by Crippen LogP contribution is -2.41. The van der Waals surface area contributed by atoms with E-state index in [1.54, 1.807) is 32.0 Å². The topological polar surface area (TPSA) is 110 Å². The standard InChI is InChI=1S/C19H30N4O3/c1-12-11-23(12)15(6-5-9-20)18(25)22-13-7-8-16(26-4)14(10-13)17(24)19(2,3)21/h7-8,10,12,15H,5-6,9,11,20-21H2,1-4H3,(H,22,25)/t12?,15-,23-/m0/s1. The Morgan fingerprint density at radius 2 is 2.08 bits per heavy atom. The van der Waals surface area contributed by atoms with Crippen LogP contribution in [0, 0.1) is 0 Å². The number of hydrogen-bond donors (Lipinski definition) is 3. The molecule has 7 nitrogen and oxygen atoms in total. The summed E-state index contributed by atoms with van der Waals surface area (Å²) >= 11 is 0. The van der Waals surface area contributed by atoms with Crippen LogP contribution in [0.15, 0.2) is 18.2 Å². The van der Waals surface area contributed by atoms with E-state index in [1.165, 1.54) is 7.11 Å². The second kappa shape index (κ2) is 8.16. The molecule has 1 aromatic carbocycles. The van der Waals surface area contributed by atoms with Crippen LogP contribution in [0.2, 0.25) is 0 Å². The van der Waals surface area contributed by atoms with Crippen LogP contribution in [0.1, 0.15) is 44.0 Å². The van der Waals surface area contributed by atoms with Gasteiger partial charge in [0.2, 0.25) is 5.91 Å². The highest BCUT2D eigenvalue weighted by molar-refractivity contribution is 6.06. The summed E-state index contributed by atoms with van der Waals surface area (Å²) in [6, 6.07) is 5.22. The lowest BCUT2D eigenvalue weighted by Gasteiger charge is -2.21. The molecule has 7 heteroatoms. The van der Waals surface area contributed by atoms with E-state index in [-0.39, 0.29) is 17.7 Å². The third-order valence-electron chi connectivity index (χ3n) is 4.59. The largest absolute Gasteiger partial charge is 0.496 e. The van der Waals surface area contributed by atoms with Gasteiger partial charge in [-0.1, -0.05) is 0 Å². The molecule has 1 aromatic rings. The van der Waals surface area contributed by atoms with Crippen molar-refractivity contribution in [3.63, 3.8) is 0 Å². The third-order valence-corrected chi connectivity index (χ3v) is 4.59. The number of ether oxygens (including phenoxy) is 1. The summed E-state index contributed by atoms with van der Waals surface area (Å²) < 4.78 is 5.27. The number of rotatable bonds is 9. The van der Waals surface area contributed by atoms with Gasteiger partial charge in [0.25, 0.3) is 0 Å². The molecular formula is C19H30N4O3. The Labute approximate surface area is 155 Å². The van der Waals surface area contributed by atoms with Gasteiger partial charge < -0.3 is 21.5 Å². The van der Waals surface area contributed by atoms with Gasteiger partial charge in [-0.3, -0.25) is 14.5 Å². The molecule has 0 aliphatic carbocycles. The molecular weight excluding hydrogens is 332 g/mol. The summed E-state index contributed by atoms with van der Waals surface area (Å²) in [6.07, 6.45) is 1.50. The van der Waals surface area contributed by atoms with Crippen molar-refractivity contribution in [2.75, 3.05) is 25.5 Å². The second-order valence-corrected chi connectivity index (χ2v) is 7.45. The van der Waals surface area contributed by atoms with Gasteiger partial charge in [0, 0.05) is 18.3 Å². The van der Waals surface area contributed by atoms with Gasteiger partial charge in [-0.05, 0) is 58.4 Å². The minimum absolute atomic E-state index is 0.0848. The number of benzene rings is 1. The molecule has 5 N–H and O–H groups in total. The molecule has 0 bridgehead atoms. The van der Waals surface area contributed by atoms with E-state index in [0.29, 0.717) is 36.0 Å². The quantitative estimate of drug-likeness (QED) is 0.452. The molecule has 26 heavy (non-hydrogen) atoms. The highest BCUT2D eigenvalue weighted by Crippen LogP contribution is 2.28. The number of amides is 1. The van der Waals surface area contributed by atoms with Crippen LogP contribution in [0.5, 0.6) is 5.75 Å². The molecule has 144 valence electrons. The van der Waals surface area contributed by atoms with Gasteiger partial charge in [-0.2, -0.15) is 0 Å². The molecule has 1 saturated heterocycles. The molecule has 1 amide bonds. The number of nitrogens with two attached hydrogens (primary N) is 2. The molecule has 0 radical (unpaired) electrons. The summed E-state index contributed by atoms with van der Waals surface area (Å²) in [5.41, 5.74) is 11.4. The Kier molecular flexibility index (Phi) is 6.39. The predicted octanol–water partition coefficient (Wildman–Crippen LogP) is 1.37. The average molecular weight is 362 g/mol. The number of ketones is 1. The van der Waals surface area contributed by atoms with Crippen LogP contribution in [-0.4, -0.2) is 54.4 Å². The molecule has 2 rings (SSSR count). The first-order valence-corrected chi connectivity index (χ1v) is 8.97. The molecule has 0 saturated carbocycles. The summed E-state index contributed by atoms with van der Waals surface area (Å²) in [5, 5.41) is 2.92. The Hall–Kier alpha value is -1.96. The number of hydrogen-bond acceptors (Lipinski definition) is 6. The first-order valence-electron chi connectivity index (χ1n) is 8.97. The van der Waals surface area contributed by atoms with Gasteiger partial charge in [-0.15, -0.1) is 0 Å². The Morgan fingerprint density at radius 3 is 2.58 bits per heavy atom. The van der Waals surface area contributed by atoms with Gasteiger partial charge in [0.05, 0.1) is 24.3 Å². The fraction of sp³-hybridized carbons (Fsp3) is 0.579. The summed E-state index contributed by atoms with van der Waals surface area (Å²) in [5.74, 6) is 0.105. The van der Waals surface area contributed by atoms with E-state index in [1.807, 2.05) is 0 Å². The molecule has 1 fully saturated rings. The number of methoxy groups -OCH3 is 1. The number of Topliss-reactive ketones (excluding diaryl/α,β-unsaturated/α-hetero) is 1. The fourth-order valence-corrected chi connectivity index (χ4v) is 2.99. The van der Waals surface area contributed by atoms with E-state index >= 15 is 0 Å². The lowest BCUT2D eigenvalue weighted by molar-refractivity contribution is -0.119. The van der Waals surface area contributed by atoms with Gasteiger partial charge in [0.1, 0.15) is 5.75 Å². The Balaban J connectivity index is 2.20. The first-order chi connectivity index (χ1) is 12.2. The van der Waals surface area contributed by atoms with Crippen molar-refractivity contribution in [3.05, 3.63) is 23.8 Å². The number of carbonyl (C=O) groups is 2. The highest BCUT2D eigenvalue weighted by Gasteiger charge is 2.39. The van der Waals surface area contributed by atoms with Crippen LogP contribution in [0.3, 0.4) is 0 Å². The van der Waals surface area contributed by atoms with Crippen molar-refractivity contribution in [2.24, 2.45) is 11.5 Å². The monoisotopic (exact) mass is 362 g/mol. The normalized spacial score (nSPS) is 20.4. The zero-order chi connectivity index (χ0) is 19.5. The smallest absolute Gasteiger partial charge is 0.241 e. The average Bonchev–Trinajstić information content (AvgIpc) is 3.30. The zero-order valence-corrected chi connectivity index (χ0v) is 16.0. The van der Waals surface area contributed by atoms with Crippen molar-refractivity contribution < 1.29 is 14.3 Å². The van der Waals surface area contributed by atoms with Gasteiger partial charge in [-0.25, -0.2) is 0 Å². The van der Waals surface area contributed by atoms with Gasteiger partial charge in [0.15, 0.2) is 5.78 Å². The maximum atomic E-state index is 12.7. The number of carbonyl (C=O) groups excluding carboxylic acids is 2. The lowest BCUT2D eigenvalue weighted by atomic mass is 9.93. The number of anilines is 1. The van der Waals surface area contributed by atoms with Crippen LogP contribution >= 0.6 is 0 Å². The molecule has 3 atom stereocenters. The van der Waals surface area contributed by atoms with Crippen molar-refractivity contribution in [1.29, 1.82) is 0 Å². The van der Waals surface area contributed by atoms with E-state index in [4.69, 9.17) is 16.2 Å². The minimum atomic E-state index is -1.03. The zero-order valence-electron chi connectivity index (χ0n) is 16.0. The molecule has 1 aliphatic heterocycles. The second-order valence-electron chi connectivity index (χ2n) is 7.45. The SMILES string of the molecule is COc1ccc(NC(=O)[C@H](CCCN)[N@@]2CC2C)cc1C(=O)C(C)(C)N. The van der Waals surface area contributed by atoms with Crippen LogP contribution in [0.4, 0.5) is 5.69 Å². The summed E-state index contributed by atoms with van der Waals surface area (Å²) in [6.45, 7) is 6.85.